The third-order valence-corrected chi connectivity index (χ3v) is 2.95. The standard InChI is InChI=1S/C11H16N2O2/c1-2-3-4-6-9-7-5-8-10-12-15-11(14)13(9)10/h2,9H,1,3-8H2. The maximum Gasteiger partial charge on any atom is 0.441 e. The van der Waals surface area contributed by atoms with E-state index in [4.69, 9.17) is 4.52 Å². The third kappa shape index (κ3) is 2.03. The van der Waals surface area contributed by atoms with Crippen molar-refractivity contribution in [2.24, 2.45) is 0 Å². The molecule has 0 saturated heterocycles. The molecule has 4 nitrogen and oxygen atoms in total. The first-order valence-corrected chi connectivity index (χ1v) is 5.51. The van der Waals surface area contributed by atoms with Crippen LogP contribution in [0.2, 0.25) is 0 Å². The minimum Gasteiger partial charge on any atom is -0.296 e. The average molecular weight is 208 g/mol. The molecule has 0 saturated carbocycles. The van der Waals surface area contributed by atoms with Crippen LogP contribution in [0.5, 0.6) is 0 Å². The topological polar surface area (TPSA) is 48.0 Å². The summed E-state index contributed by atoms with van der Waals surface area (Å²) in [6.07, 6.45) is 8.04. The van der Waals surface area contributed by atoms with Gasteiger partial charge >= 0.3 is 5.76 Å². The second-order valence-corrected chi connectivity index (χ2v) is 4.00. The molecule has 2 rings (SSSR count). The highest BCUT2D eigenvalue weighted by Crippen LogP contribution is 2.26. The van der Waals surface area contributed by atoms with E-state index >= 15 is 0 Å². The molecule has 0 spiro atoms. The van der Waals surface area contributed by atoms with Crippen LogP contribution in [-0.4, -0.2) is 9.72 Å². The molecule has 1 aliphatic heterocycles. The van der Waals surface area contributed by atoms with E-state index in [0.29, 0.717) is 0 Å². The molecule has 0 aliphatic carbocycles. The van der Waals surface area contributed by atoms with Gasteiger partial charge < -0.3 is 0 Å². The van der Waals surface area contributed by atoms with Crippen LogP contribution in [0.3, 0.4) is 0 Å². The van der Waals surface area contributed by atoms with Gasteiger partial charge in [0.15, 0.2) is 5.82 Å². The summed E-state index contributed by atoms with van der Waals surface area (Å²) >= 11 is 0. The highest BCUT2D eigenvalue weighted by molar-refractivity contribution is 4.92. The summed E-state index contributed by atoms with van der Waals surface area (Å²) in [5, 5.41) is 3.79. The monoisotopic (exact) mass is 208 g/mol. The van der Waals surface area contributed by atoms with Crippen LogP contribution in [0.25, 0.3) is 0 Å². The predicted molar refractivity (Wildman–Crippen MR) is 56.8 cm³/mol. The van der Waals surface area contributed by atoms with Gasteiger partial charge in [0.25, 0.3) is 0 Å². The van der Waals surface area contributed by atoms with Crippen molar-refractivity contribution >= 4 is 0 Å². The molecule has 1 unspecified atom stereocenters. The molecule has 4 heteroatoms. The number of unbranched alkanes of at least 4 members (excludes halogenated alkanes) is 1. The zero-order valence-electron chi connectivity index (χ0n) is 8.82. The maximum absolute atomic E-state index is 11.4. The number of allylic oxidation sites excluding steroid dienone is 1. The normalized spacial score (nSPS) is 19.9. The number of hydrogen-bond acceptors (Lipinski definition) is 3. The van der Waals surface area contributed by atoms with Crippen LogP contribution in [0.1, 0.15) is 44.0 Å². The van der Waals surface area contributed by atoms with Crippen molar-refractivity contribution in [1.29, 1.82) is 0 Å². The molecule has 1 aromatic rings. The molecule has 1 aliphatic rings. The molecule has 82 valence electrons. The molecule has 0 radical (unpaired) electrons. The number of aromatic nitrogens is 2. The Morgan fingerprint density at radius 1 is 1.67 bits per heavy atom. The van der Waals surface area contributed by atoms with Gasteiger partial charge in [-0.15, -0.1) is 6.58 Å². The Morgan fingerprint density at radius 3 is 3.33 bits per heavy atom. The first-order valence-electron chi connectivity index (χ1n) is 5.51. The fraction of sp³-hybridized carbons (Fsp3) is 0.636. The van der Waals surface area contributed by atoms with Crippen LogP contribution in [0.4, 0.5) is 0 Å². The predicted octanol–water partition coefficient (Wildman–Crippen LogP) is 2.07. The lowest BCUT2D eigenvalue weighted by molar-refractivity contribution is 0.339. The van der Waals surface area contributed by atoms with E-state index in [2.05, 4.69) is 11.7 Å². The van der Waals surface area contributed by atoms with Gasteiger partial charge in [0.2, 0.25) is 0 Å². The van der Waals surface area contributed by atoms with Crippen molar-refractivity contribution in [3.8, 4) is 0 Å². The Morgan fingerprint density at radius 2 is 2.53 bits per heavy atom. The van der Waals surface area contributed by atoms with E-state index in [9.17, 15) is 4.79 Å². The van der Waals surface area contributed by atoms with E-state index in [1.54, 1.807) is 4.57 Å². The molecule has 15 heavy (non-hydrogen) atoms. The van der Waals surface area contributed by atoms with Crippen LogP contribution in [-0.2, 0) is 6.42 Å². The minimum atomic E-state index is -0.298. The Balaban J connectivity index is 2.11. The van der Waals surface area contributed by atoms with Crippen LogP contribution < -0.4 is 5.76 Å². The van der Waals surface area contributed by atoms with Crippen molar-refractivity contribution in [3.63, 3.8) is 0 Å². The molecule has 0 bridgehead atoms. The van der Waals surface area contributed by atoms with Gasteiger partial charge in [-0.2, -0.15) is 0 Å². The van der Waals surface area contributed by atoms with Crippen molar-refractivity contribution in [3.05, 3.63) is 29.0 Å². The van der Waals surface area contributed by atoms with E-state index in [1.165, 1.54) is 0 Å². The number of fused-ring (bicyclic) bond motifs is 1. The number of aryl methyl sites for hydroxylation is 1. The van der Waals surface area contributed by atoms with Crippen LogP contribution in [0.15, 0.2) is 22.0 Å². The molecule has 1 atom stereocenters. The molecule has 0 aromatic carbocycles. The smallest absolute Gasteiger partial charge is 0.296 e. The largest absolute Gasteiger partial charge is 0.441 e. The second-order valence-electron chi connectivity index (χ2n) is 4.00. The Hall–Kier alpha value is -1.32. The Labute approximate surface area is 88.6 Å². The van der Waals surface area contributed by atoms with E-state index in [0.717, 1.165) is 44.3 Å². The Kier molecular flexibility index (Phi) is 3.04. The minimum absolute atomic E-state index is 0.285. The molecule has 0 N–H and O–H groups in total. The highest BCUT2D eigenvalue weighted by atomic mass is 16.5. The third-order valence-electron chi connectivity index (χ3n) is 2.95. The van der Waals surface area contributed by atoms with Gasteiger partial charge in [-0.05, 0) is 32.1 Å². The quantitative estimate of drug-likeness (QED) is 0.562. The maximum atomic E-state index is 11.4. The summed E-state index contributed by atoms with van der Waals surface area (Å²) in [5.74, 6) is 0.517. The number of hydrogen-bond donors (Lipinski definition) is 0. The van der Waals surface area contributed by atoms with Crippen molar-refractivity contribution in [2.45, 2.75) is 44.6 Å². The highest BCUT2D eigenvalue weighted by Gasteiger charge is 2.23. The summed E-state index contributed by atoms with van der Waals surface area (Å²) in [6.45, 7) is 3.70. The second kappa shape index (κ2) is 4.47. The zero-order chi connectivity index (χ0) is 10.7. The summed E-state index contributed by atoms with van der Waals surface area (Å²) in [6, 6.07) is 0.285. The van der Waals surface area contributed by atoms with Crippen LogP contribution in [0, 0.1) is 0 Å². The van der Waals surface area contributed by atoms with Crippen LogP contribution >= 0.6 is 0 Å². The molecule has 1 aromatic heterocycles. The summed E-state index contributed by atoms with van der Waals surface area (Å²) in [4.78, 5) is 11.4. The van der Waals surface area contributed by atoms with Gasteiger partial charge in [0.1, 0.15) is 0 Å². The number of rotatable bonds is 4. The average Bonchev–Trinajstić information content (AvgIpc) is 2.62. The summed E-state index contributed by atoms with van der Waals surface area (Å²) in [7, 11) is 0. The SMILES string of the molecule is C=CCCCC1CCCc2noc(=O)n21. The lowest BCUT2D eigenvalue weighted by atomic mass is 9.99. The molecule has 0 amide bonds. The summed E-state index contributed by atoms with van der Waals surface area (Å²) in [5.41, 5.74) is 0. The first kappa shape index (κ1) is 10.2. The molecule has 0 fully saturated rings. The lowest BCUT2D eigenvalue weighted by Gasteiger charge is -2.22. The van der Waals surface area contributed by atoms with E-state index in [-0.39, 0.29) is 11.8 Å². The first-order chi connectivity index (χ1) is 7.33. The molecular weight excluding hydrogens is 192 g/mol. The van der Waals surface area contributed by atoms with Gasteiger partial charge in [-0.25, -0.2) is 4.79 Å². The van der Waals surface area contributed by atoms with Crippen molar-refractivity contribution in [2.75, 3.05) is 0 Å². The fourth-order valence-electron chi connectivity index (χ4n) is 2.21. The van der Waals surface area contributed by atoms with Gasteiger partial charge in [-0.1, -0.05) is 11.2 Å². The van der Waals surface area contributed by atoms with Crippen molar-refractivity contribution in [1.82, 2.24) is 9.72 Å². The Bertz CT molecular complexity index is 392. The number of nitrogens with zero attached hydrogens (tertiary/aromatic N) is 2. The van der Waals surface area contributed by atoms with Gasteiger partial charge in [-0.3, -0.25) is 9.09 Å². The van der Waals surface area contributed by atoms with E-state index < -0.39 is 0 Å². The van der Waals surface area contributed by atoms with Crippen molar-refractivity contribution < 1.29 is 4.52 Å². The lowest BCUT2D eigenvalue weighted by Crippen LogP contribution is -2.26. The van der Waals surface area contributed by atoms with Gasteiger partial charge in [0, 0.05) is 12.5 Å². The molecular formula is C11H16N2O2. The summed E-state index contributed by atoms with van der Waals surface area (Å²) < 4.78 is 6.42. The fourth-order valence-corrected chi connectivity index (χ4v) is 2.21. The molecule has 2 heterocycles. The zero-order valence-corrected chi connectivity index (χ0v) is 8.82. The van der Waals surface area contributed by atoms with E-state index in [1.807, 2.05) is 6.08 Å². The van der Waals surface area contributed by atoms with Gasteiger partial charge in [0.05, 0.1) is 0 Å².